The first-order chi connectivity index (χ1) is 14.3. The second-order valence-corrected chi connectivity index (χ2v) is 6.76. The van der Waals surface area contributed by atoms with Gasteiger partial charge in [0.2, 0.25) is 5.91 Å². The van der Waals surface area contributed by atoms with E-state index < -0.39 is 18.5 Å². The van der Waals surface area contributed by atoms with Crippen LogP contribution in [0.15, 0.2) is 30.3 Å². The monoisotopic (exact) mass is 415 g/mol. The molecular weight excluding hydrogens is 386 g/mol. The Bertz CT molecular complexity index is 902. The van der Waals surface area contributed by atoms with Crippen LogP contribution in [0, 0.1) is 13.8 Å². The van der Waals surface area contributed by atoms with Crippen LogP contribution in [0.3, 0.4) is 0 Å². The average Bonchev–Trinajstić information content (AvgIpc) is 3.04. The summed E-state index contributed by atoms with van der Waals surface area (Å²) < 4.78 is 12.4. The smallest absolute Gasteiger partial charge is 0.340 e. The molecule has 0 spiro atoms. The van der Waals surface area contributed by atoms with Gasteiger partial charge in [-0.15, -0.1) is 0 Å². The molecule has 1 aromatic carbocycles. The molecule has 1 aromatic heterocycles. The SMILES string of the molecule is CCNC(=O)CN(CC)C(=O)COC(=O)c1cc(C)n(-c2ccc(OC)cc2)c1C. The fourth-order valence-corrected chi connectivity index (χ4v) is 3.20. The number of esters is 1. The summed E-state index contributed by atoms with van der Waals surface area (Å²) in [7, 11) is 1.60. The summed E-state index contributed by atoms with van der Waals surface area (Å²) in [6.45, 7) is 7.64. The number of hydrogen-bond acceptors (Lipinski definition) is 5. The first-order valence-electron chi connectivity index (χ1n) is 9.87. The molecule has 162 valence electrons. The van der Waals surface area contributed by atoms with Crippen LogP contribution < -0.4 is 10.1 Å². The van der Waals surface area contributed by atoms with Crippen molar-refractivity contribution in [3.63, 3.8) is 0 Å². The summed E-state index contributed by atoms with van der Waals surface area (Å²) in [6, 6.07) is 9.23. The number of carbonyl (C=O) groups is 3. The number of benzene rings is 1. The second kappa shape index (κ2) is 10.5. The van der Waals surface area contributed by atoms with E-state index in [1.54, 1.807) is 27.0 Å². The van der Waals surface area contributed by atoms with Crippen LogP contribution >= 0.6 is 0 Å². The molecule has 0 atom stereocenters. The molecule has 0 aliphatic heterocycles. The van der Waals surface area contributed by atoms with Crippen LogP contribution in [0.2, 0.25) is 0 Å². The Labute approximate surface area is 176 Å². The predicted octanol–water partition coefficient (Wildman–Crippen LogP) is 2.24. The van der Waals surface area contributed by atoms with Gasteiger partial charge in [0.15, 0.2) is 6.61 Å². The zero-order valence-corrected chi connectivity index (χ0v) is 18.2. The summed E-state index contributed by atoms with van der Waals surface area (Å²) in [5.74, 6) is -0.499. The molecule has 2 rings (SSSR count). The third-order valence-electron chi connectivity index (χ3n) is 4.75. The standard InChI is InChI=1S/C22H29N3O5/c1-6-23-20(26)13-24(7-2)21(27)14-30-22(28)19-12-15(3)25(16(19)4)17-8-10-18(29-5)11-9-17/h8-12H,6-7,13-14H2,1-5H3,(H,23,26). The van der Waals surface area contributed by atoms with E-state index >= 15 is 0 Å². The van der Waals surface area contributed by atoms with Gasteiger partial charge in [0.25, 0.3) is 5.91 Å². The van der Waals surface area contributed by atoms with E-state index in [-0.39, 0.29) is 12.5 Å². The number of aryl methyl sites for hydroxylation is 1. The van der Waals surface area contributed by atoms with Gasteiger partial charge in [-0.3, -0.25) is 9.59 Å². The molecule has 0 bridgehead atoms. The first kappa shape index (κ1) is 23.0. The number of carbonyl (C=O) groups excluding carboxylic acids is 3. The molecule has 1 N–H and O–H groups in total. The van der Waals surface area contributed by atoms with Gasteiger partial charge in [-0.2, -0.15) is 0 Å². The molecule has 0 aliphatic carbocycles. The maximum Gasteiger partial charge on any atom is 0.340 e. The van der Waals surface area contributed by atoms with E-state index in [0.29, 0.717) is 24.3 Å². The molecule has 0 saturated heterocycles. The molecule has 0 radical (unpaired) electrons. The summed E-state index contributed by atoms with van der Waals surface area (Å²) in [5.41, 5.74) is 2.86. The van der Waals surface area contributed by atoms with Crippen molar-refractivity contribution in [3.05, 3.63) is 47.3 Å². The molecule has 1 heterocycles. The lowest BCUT2D eigenvalue weighted by molar-refractivity contribution is -0.138. The maximum absolute atomic E-state index is 12.6. The van der Waals surface area contributed by atoms with Gasteiger partial charge in [-0.1, -0.05) is 0 Å². The minimum atomic E-state index is -0.578. The minimum Gasteiger partial charge on any atom is -0.497 e. The van der Waals surface area contributed by atoms with E-state index in [4.69, 9.17) is 9.47 Å². The lowest BCUT2D eigenvalue weighted by Gasteiger charge is -2.20. The Morgan fingerprint density at radius 1 is 1.10 bits per heavy atom. The highest BCUT2D eigenvalue weighted by molar-refractivity contribution is 5.93. The highest BCUT2D eigenvalue weighted by Gasteiger charge is 2.21. The van der Waals surface area contributed by atoms with Gasteiger partial charge < -0.3 is 24.3 Å². The maximum atomic E-state index is 12.6. The number of aromatic nitrogens is 1. The number of rotatable bonds is 9. The molecule has 0 fully saturated rings. The van der Waals surface area contributed by atoms with E-state index in [2.05, 4.69) is 5.32 Å². The van der Waals surface area contributed by atoms with Crippen molar-refractivity contribution in [2.45, 2.75) is 27.7 Å². The fourth-order valence-electron chi connectivity index (χ4n) is 3.20. The van der Waals surface area contributed by atoms with E-state index in [0.717, 1.165) is 17.1 Å². The second-order valence-electron chi connectivity index (χ2n) is 6.76. The summed E-state index contributed by atoms with van der Waals surface area (Å²) in [4.78, 5) is 38.0. The molecule has 0 aliphatic rings. The molecule has 0 saturated carbocycles. The zero-order valence-electron chi connectivity index (χ0n) is 18.2. The van der Waals surface area contributed by atoms with Crippen molar-refractivity contribution < 1.29 is 23.9 Å². The number of likely N-dealkylation sites (N-methyl/N-ethyl adjacent to an activating group) is 2. The van der Waals surface area contributed by atoms with Gasteiger partial charge in [-0.25, -0.2) is 4.79 Å². The highest BCUT2D eigenvalue weighted by atomic mass is 16.5. The number of hydrogen-bond donors (Lipinski definition) is 1. The summed E-state index contributed by atoms with van der Waals surface area (Å²) in [6.07, 6.45) is 0. The van der Waals surface area contributed by atoms with Crippen LogP contribution in [0.25, 0.3) is 5.69 Å². The van der Waals surface area contributed by atoms with Crippen LogP contribution in [-0.4, -0.2) is 60.6 Å². The third-order valence-corrected chi connectivity index (χ3v) is 4.75. The van der Waals surface area contributed by atoms with E-state index in [1.165, 1.54) is 4.90 Å². The van der Waals surface area contributed by atoms with Gasteiger partial charge in [0.05, 0.1) is 19.2 Å². The number of ether oxygens (including phenoxy) is 2. The topological polar surface area (TPSA) is 89.9 Å². The molecular formula is C22H29N3O5. The molecule has 8 heteroatoms. The Kier molecular flexibility index (Phi) is 8.03. The quantitative estimate of drug-likeness (QED) is 0.635. The Morgan fingerprint density at radius 3 is 2.33 bits per heavy atom. The number of amides is 2. The largest absolute Gasteiger partial charge is 0.497 e. The van der Waals surface area contributed by atoms with Crippen molar-refractivity contribution in [1.82, 2.24) is 14.8 Å². The van der Waals surface area contributed by atoms with Crippen LogP contribution in [0.5, 0.6) is 5.75 Å². The predicted molar refractivity (Wildman–Crippen MR) is 113 cm³/mol. The van der Waals surface area contributed by atoms with Crippen molar-refractivity contribution >= 4 is 17.8 Å². The Morgan fingerprint density at radius 2 is 1.77 bits per heavy atom. The van der Waals surface area contributed by atoms with Crippen LogP contribution in [0.1, 0.15) is 35.6 Å². The molecule has 2 amide bonds. The van der Waals surface area contributed by atoms with Crippen molar-refractivity contribution in [1.29, 1.82) is 0 Å². The van der Waals surface area contributed by atoms with E-state index in [9.17, 15) is 14.4 Å². The minimum absolute atomic E-state index is 0.0628. The summed E-state index contributed by atoms with van der Waals surface area (Å²) >= 11 is 0. The highest BCUT2D eigenvalue weighted by Crippen LogP contribution is 2.23. The Hall–Kier alpha value is -3.29. The van der Waals surface area contributed by atoms with Crippen LogP contribution in [0.4, 0.5) is 0 Å². The molecule has 2 aromatic rings. The van der Waals surface area contributed by atoms with Gasteiger partial charge in [0.1, 0.15) is 5.75 Å². The van der Waals surface area contributed by atoms with Crippen molar-refractivity contribution in [3.8, 4) is 11.4 Å². The summed E-state index contributed by atoms with van der Waals surface area (Å²) in [5, 5.41) is 2.64. The van der Waals surface area contributed by atoms with Gasteiger partial charge >= 0.3 is 5.97 Å². The van der Waals surface area contributed by atoms with Gasteiger partial charge in [0, 0.05) is 30.2 Å². The van der Waals surface area contributed by atoms with Crippen LogP contribution in [-0.2, 0) is 14.3 Å². The average molecular weight is 415 g/mol. The normalized spacial score (nSPS) is 10.4. The molecule has 30 heavy (non-hydrogen) atoms. The lowest BCUT2D eigenvalue weighted by Crippen LogP contribution is -2.42. The third kappa shape index (κ3) is 5.40. The van der Waals surface area contributed by atoms with Gasteiger partial charge in [-0.05, 0) is 58.0 Å². The fraction of sp³-hybridized carbons (Fsp3) is 0.409. The number of nitrogens with zero attached hydrogens (tertiary/aromatic N) is 2. The lowest BCUT2D eigenvalue weighted by atomic mass is 10.2. The number of nitrogens with one attached hydrogen (secondary N) is 1. The van der Waals surface area contributed by atoms with E-state index in [1.807, 2.05) is 42.7 Å². The zero-order chi connectivity index (χ0) is 22.3. The molecule has 0 unspecified atom stereocenters. The molecule has 8 nitrogen and oxygen atoms in total. The Balaban J connectivity index is 2.08. The first-order valence-corrected chi connectivity index (χ1v) is 9.87. The van der Waals surface area contributed by atoms with Crippen molar-refractivity contribution in [2.75, 3.05) is 33.4 Å². The number of methoxy groups -OCH3 is 1. The van der Waals surface area contributed by atoms with Crippen molar-refractivity contribution in [2.24, 2.45) is 0 Å².